The Morgan fingerprint density at radius 1 is 1.33 bits per heavy atom. The van der Waals surface area contributed by atoms with E-state index in [1.54, 1.807) is 24.3 Å². The molecule has 1 aliphatic heterocycles. The van der Waals surface area contributed by atoms with Gasteiger partial charge < -0.3 is 19.5 Å². The number of nitrogens with zero attached hydrogens (tertiary/aromatic N) is 1. The summed E-state index contributed by atoms with van der Waals surface area (Å²) >= 11 is 0. The van der Waals surface area contributed by atoms with Crippen molar-refractivity contribution >= 4 is 11.9 Å². The van der Waals surface area contributed by atoms with E-state index in [-0.39, 0.29) is 12.7 Å². The first kappa shape index (κ1) is 15.3. The first-order chi connectivity index (χ1) is 10.1. The van der Waals surface area contributed by atoms with E-state index in [9.17, 15) is 14.7 Å². The SMILES string of the molecule is COCOc1ccccc1C(=O)N1CCCC[C@H]1C(=O)O. The Labute approximate surface area is 123 Å². The lowest BCUT2D eigenvalue weighted by molar-refractivity contribution is -0.143. The first-order valence-corrected chi connectivity index (χ1v) is 6.89. The van der Waals surface area contributed by atoms with Crippen LogP contribution in [0.3, 0.4) is 0 Å². The van der Waals surface area contributed by atoms with Crippen LogP contribution in [0.4, 0.5) is 0 Å². The summed E-state index contributed by atoms with van der Waals surface area (Å²) in [6, 6.07) is 6.04. The summed E-state index contributed by atoms with van der Waals surface area (Å²) in [5.74, 6) is -0.869. The molecular weight excluding hydrogens is 274 g/mol. The number of para-hydroxylation sites is 1. The van der Waals surface area contributed by atoms with Gasteiger partial charge in [0.15, 0.2) is 6.79 Å². The molecule has 0 aliphatic carbocycles. The maximum Gasteiger partial charge on any atom is 0.326 e. The van der Waals surface area contributed by atoms with E-state index >= 15 is 0 Å². The highest BCUT2D eigenvalue weighted by Gasteiger charge is 2.33. The van der Waals surface area contributed by atoms with Gasteiger partial charge in [-0.05, 0) is 31.4 Å². The van der Waals surface area contributed by atoms with Crippen LogP contribution in [-0.4, -0.2) is 48.4 Å². The second-order valence-electron chi connectivity index (χ2n) is 4.90. The number of likely N-dealkylation sites (tertiary alicyclic amines) is 1. The zero-order chi connectivity index (χ0) is 15.2. The number of carboxylic acid groups (broad SMARTS) is 1. The zero-order valence-electron chi connectivity index (χ0n) is 11.9. The second-order valence-corrected chi connectivity index (χ2v) is 4.90. The fourth-order valence-electron chi connectivity index (χ4n) is 2.48. The van der Waals surface area contributed by atoms with Gasteiger partial charge in [0, 0.05) is 13.7 Å². The number of benzene rings is 1. The number of rotatable bonds is 5. The number of hydrogen-bond donors (Lipinski definition) is 1. The zero-order valence-corrected chi connectivity index (χ0v) is 11.9. The summed E-state index contributed by atoms with van der Waals surface area (Å²) in [6.07, 6.45) is 2.13. The number of carbonyl (C=O) groups is 2. The van der Waals surface area contributed by atoms with Gasteiger partial charge in [0.05, 0.1) is 5.56 Å². The van der Waals surface area contributed by atoms with Crippen LogP contribution in [0.2, 0.25) is 0 Å². The van der Waals surface area contributed by atoms with Crippen molar-refractivity contribution in [1.82, 2.24) is 4.90 Å². The van der Waals surface area contributed by atoms with E-state index in [0.717, 1.165) is 12.8 Å². The second kappa shape index (κ2) is 7.08. The molecule has 1 N–H and O–H groups in total. The smallest absolute Gasteiger partial charge is 0.326 e. The molecule has 0 spiro atoms. The van der Waals surface area contributed by atoms with Crippen molar-refractivity contribution in [2.45, 2.75) is 25.3 Å². The molecule has 1 fully saturated rings. The molecule has 1 aromatic rings. The maximum atomic E-state index is 12.6. The third kappa shape index (κ3) is 3.52. The normalized spacial score (nSPS) is 18.3. The minimum Gasteiger partial charge on any atom is -0.480 e. The molecule has 0 aromatic heterocycles. The molecule has 1 aromatic carbocycles. The van der Waals surface area contributed by atoms with E-state index in [0.29, 0.717) is 24.3 Å². The van der Waals surface area contributed by atoms with Crippen LogP contribution in [0, 0.1) is 0 Å². The average molecular weight is 293 g/mol. The van der Waals surface area contributed by atoms with Crippen molar-refractivity contribution in [3.05, 3.63) is 29.8 Å². The Kier molecular flexibility index (Phi) is 5.16. The lowest BCUT2D eigenvalue weighted by Gasteiger charge is -2.33. The van der Waals surface area contributed by atoms with Crippen LogP contribution in [0.1, 0.15) is 29.6 Å². The van der Waals surface area contributed by atoms with E-state index < -0.39 is 12.0 Å². The largest absolute Gasteiger partial charge is 0.480 e. The van der Waals surface area contributed by atoms with Gasteiger partial charge in [0.1, 0.15) is 11.8 Å². The minimum absolute atomic E-state index is 0.0344. The highest BCUT2D eigenvalue weighted by molar-refractivity contribution is 5.99. The number of piperidine rings is 1. The van der Waals surface area contributed by atoms with Crippen molar-refractivity contribution in [3.63, 3.8) is 0 Å². The van der Waals surface area contributed by atoms with Crippen molar-refractivity contribution < 1.29 is 24.2 Å². The number of methoxy groups -OCH3 is 1. The summed E-state index contributed by atoms with van der Waals surface area (Å²) in [4.78, 5) is 25.4. The molecule has 2 rings (SSSR count). The predicted octanol–water partition coefficient (Wildman–Crippen LogP) is 1.75. The van der Waals surface area contributed by atoms with Crippen molar-refractivity contribution in [1.29, 1.82) is 0 Å². The van der Waals surface area contributed by atoms with Gasteiger partial charge in [-0.15, -0.1) is 0 Å². The molecule has 1 heterocycles. The summed E-state index contributed by atoms with van der Waals surface area (Å²) in [6.45, 7) is 0.487. The van der Waals surface area contributed by atoms with E-state index in [4.69, 9.17) is 9.47 Å². The van der Waals surface area contributed by atoms with Crippen molar-refractivity contribution in [2.75, 3.05) is 20.4 Å². The Bertz CT molecular complexity index is 517. The molecule has 6 heteroatoms. The molecule has 1 atom stereocenters. The lowest BCUT2D eigenvalue weighted by atomic mass is 10.0. The summed E-state index contributed by atoms with van der Waals surface area (Å²) in [5.41, 5.74) is 0.364. The molecule has 0 radical (unpaired) electrons. The molecule has 6 nitrogen and oxygen atoms in total. The first-order valence-electron chi connectivity index (χ1n) is 6.89. The van der Waals surface area contributed by atoms with Crippen molar-refractivity contribution in [3.8, 4) is 5.75 Å². The monoisotopic (exact) mass is 293 g/mol. The van der Waals surface area contributed by atoms with Crippen LogP contribution in [0.15, 0.2) is 24.3 Å². The molecule has 1 aliphatic rings. The summed E-state index contributed by atoms with van der Waals surface area (Å²) < 4.78 is 10.2. The highest BCUT2D eigenvalue weighted by atomic mass is 16.7. The summed E-state index contributed by atoms with van der Waals surface area (Å²) in [5, 5.41) is 9.27. The van der Waals surface area contributed by atoms with E-state index in [1.807, 2.05) is 0 Å². The number of carbonyl (C=O) groups excluding carboxylic acids is 1. The lowest BCUT2D eigenvalue weighted by Crippen LogP contribution is -2.48. The van der Waals surface area contributed by atoms with Gasteiger partial charge in [-0.2, -0.15) is 0 Å². The Morgan fingerprint density at radius 2 is 2.10 bits per heavy atom. The molecule has 0 saturated carbocycles. The number of ether oxygens (including phenoxy) is 2. The van der Waals surface area contributed by atoms with Gasteiger partial charge >= 0.3 is 5.97 Å². The predicted molar refractivity (Wildman–Crippen MR) is 75.3 cm³/mol. The van der Waals surface area contributed by atoms with Crippen LogP contribution in [0.25, 0.3) is 0 Å². The van der Waals surface area contributed by atoms with Crippen LogP contribution >= 0.6 is 0 Å². The molecule has 0 unspecified atom stereocenters. The number of carboxylic acids is 1. The Morgan fingerprint density at radius 3 is 2.81 bits per heavy atom. The molecule has 1 saturated heterocycles. The quantitative estimate of drug-likeness (QED) is 0.837. The minimum atomic E-state index is -0.960. The average Bonchev–Trinajstić information content (AvgIpc) is 2.52. The van der Waals surface area contributed by atoms with Crippen LogP contribution < -0.4 is 4.74 Å². The molecule has 114 valence electrons. The molecule has 0 bridgehead atoms. The maximum absolute atomic E-state index is 12.6. The van der Waals surface area contributed by atoms with Gasteiger partial charge in [-0.1, -0.05) is 12.1 Å². The number of hydrogen-bond acceptors (Lipinski definition) is 4. The van der Waals surface area contributed by atoms with Gasteiger partial charge in [0.25, 0.3) is 5.91 Å². The van der Waals surface area contributed by atoms with Gasteiger partial charge in [0.2, 0.25) is 0 Å². The Balaban J connectivity index is 2.24. The molecule has 1 amide bonds. The van der Waals surface area contributed by atoms with Crippen LogP contribution in [-0.2, 0) is 9.53 Å². The summed E-state index contributed by atoms with van der Waals surface area (Å²) in [7, 11) is 1.50. The van der Waals surface area contributed by atoms with E-state index in [2.05, 4.69) is 0 Å². The standard InChI is InChI=1S/C15H19NO5/c1-20-10-21-13-8-3-2-6-11(13)14(17)16-9-5-4-7-12(16)15(18)19/h2-3,6,8,12H,4-5,7,9-10H2,1H3,(H,18,19)/t12-/m0/s1. The number of amides is 1. The number of aliphatic carboxylic acids is 1. The fourth-order valence-corrected chi connectivity index (χ4v) is 2.48. The topological polar surface area (TPSA) is 76.1 Å². The van der Waals surface area contributed by atoms with Gasteiger partial charge in [-0.3, -0.25) is 4.79 Å². The molecule has 21 heavy (non-hydrogen) atoms. The highest BCUT2D eigenvalue weighted by Crippen LogP contribution is 2.25. The third-order valence-corrected chi connectivity index (χ3v) is 3.50. The van der Waals surface area contributed by atoms with E-state index in [1.165, 1.54) is 12.0 Å². The third-order valence-electron chi connectivity index (χ3n) is 3.50. The Hall–Kier alpha value is -2.08. The van der Waals surface area contributed by atoms with Crippen LogP contribution in [0.5, 0.6) is 5.75 Å². The van der Waals surface area contributed by atoms with Gasteiger partial charge in [-0.25, -0.2) is 4.79 Å². The fraction of sp³-hybridized carbons (Fsp3) is 0.467. The molecular formula is C15H19NO5. The van der Waals surface area contributed by atoms with Crippen molar-refractivity contribution in [2.24, 2.45) is 0 Å².